The summed E-state index contributed by atoms with van der Waals surface area (Å²) in [5.41, 5.74) is 3.41. The Hall–Kier alpha value is -3.33. The molecule has 0 N–H and O–H groups in total. The lowest BCUT2D eigenvalue weighted by molar-refractivity contribution is -0.384. The van der Waals surface area contributed by atoms with E-state index >= 15 is 0 Å². The minimum atomic E-state index is -0.542. The summed E-state index contributed by atoms with van der Waals surface area (Å²) in [7, 11) is 1.25. The van der Waals surface area contributed by atoms with Crippen molar-refractivity contribution in [2.75, 3.05) is 7.11 Å². The largest absolute Gasteiger partial charge is 0.468 e. The molecule has 0 saturated heterocycles. The van der Waals surface area contributed by atoms with Crippen LogP contribution in [-0.4, -0.2) is 28.5 Å². The van der Waals surface area contributed by atoms with Gasteiger partial charge in [0.15, 0.2) is 4.80 Å². The number of non-ortho nitro benzene ring substituents is 1. The van der Waals surface area contributed by atoms with E-state index in [9.17, 15) is 19.7 Å². The molecule has 0 atom stereocenters. The second-order valence-corrected chi connectivity index (χ2v) is 7.57. The first kappa shape index (κ1) is 20.4. The van der Waals surface area contributed by atoms with Crippen LogP contribution in [0.25, 0.3) is 10.2 Å². The molecule has 0 radical (unpaired) electrons. The molecule has 0 unspecified atom stereocenters. The number of thiazole rings is 1. The fourth-order valence-electron chi connectivity index (χ4n) is 2.84. The van der Waals surface area contributed by atoms with Crippen LogP contribution >= 0.6 is 11.3 Å². The van der Waals surface area contributed by atoms with Crippen LogP contribution in [0, 0.1) is 24.0 Å². The molecule has 0 spiro atoms. The zero-order chi connectivity index (χ0) is 21.1. The summed E-state index contributed by atoms with van der Waals surface area (Å²) < 4.78 is 6.86. The number of amides is 1. The average molecular weight is 413 g/mol. The Morgan fingerprint density at radius 3 is 2.59 bits per heavy atom. The van der Waals surface area contributed by atoms with Gasteiger partial charge in [0.1, 0.15) is 6.54 Å². The summed E-state index contributed by atoms with van der Waals surface area (Å²) >= 11 is 1.19. The fourth-order valence-corrected chi connectivity index (χ4v) is 3.86. The number of nitro benzene ring substituents is 1. The maximum atomic E-state index is 12.5. The number of carbonyl (C=O) groups excluding carboxylic acids is 2. The highest BCUT2D eigenvalue weighted by atomic mass is 32.1. The number of hydrogen-bond donors (Lipinski definition) is 0. The molecule has 0 aliphatic rings. The number of ether oxygens (including phenoxy) is 1. The smallest absolute Gasteiger partial charge is 0.325 e. The van der Waals surface area contributed by atoms with Crippen molar-refractivity contribution in [1.82, 2.24) is 4.57 Å². The standard InChI is InChI=1S/C20H19N3O5S/c1-12-4-5-14(8-13(12)2)9-18(24)21-20-22(11-19(25)28-3)16-10-15(23(26)27)6-7-17(16)29-20/h4-8,10H,9,11H2,1-3H3. The molecule has 0 fully saturated rings. The topological polar surface area (TPSA) is 104 Å². The van der Waals surface area contributed by atoms with Gasteiger partial charge in [0, 0.05) is 12.1 Å². The lowest BCUT2D eigenvalue weighted by atomic mass is 10.0. The zero-order valence-corrected chi connectivity index (χ0v) is 17.0. The van der Waals surface area contributed by atoms with E-state index < -0.39 is 10.9 Å². The Labute approximate surface area is 170 Å². The predicted octanol–water partition coefficient (Wildman–Crippen LogP) is 3.07. The van der Waals surface area contributed by atoms with Gasteiger partial charge >= 0.3 is 5.97 Å². The van der Waals surface area contributed by atoms with Crippen molar-refractivity contribution in [2.24, 2.45) is 4.99 Å². The van der Waals surface area contributed by atoms with Crippen molar-refractivity contribution >= 4 is 39.1 Å². The molecule has 0 aliphatic carbocycles. The Morgan fingerprint density at radius 1 is 1.17 bits per heavy atom. The van der Waals surface area contributed by atoms with E-state index in [1.54, 1.807) is 6.07 Å². The van der Waals surface area contributed by atoms with Gasteiger partial charge in [-0.1, -0.05) is 29.5 Å². The van der Waals surface area contributed by atoms with E-state index in [-0.39, 0.29) is 24.6 Å². The maximum Gasteiger partial charge on any atom is 0.325 e. The SMILES string of the molecule is COC(=O)Cn1c(=NC(=O)Cc2ccc(C)c(C)c2)sc2ccc([N+](=O)[O-])cc21. The van der Waals surface area contributed by atoms with Gasteiger partial charge < -0.3 is 9.30 Å². The number of aromatic nitrogens is 1. The molecule has 3 rings (SSSR count). The average Bonchev–Trinajstić information content (AvgIpc) is 3.00. The third-order valence-corrected chi connectivity index (χ3v) is 5.60. The number of nitro groups is 1. The van der Waals surface area contributed by atoms with E-state index in [0.717, 1.165) is 16.7 Å². The molecule has 8 nitrogen and oxygen atoms in total. The van der Waals surface area contributed by atoms with Gasteiger partial charge in [0.2, 0.25) is 0 Å². The molecule has 1 aromatic heterocycles. The van der Waals surface area contributed by atoms with Crippen LogP contribution in [0.2, 0.25) is 0 Å². The van der Waals surface area contributed by atoms with Crippen molar-refractivity contribution in [1.29, 1.82) is 0 Å². The Bertz CT molecular complexity index is 1190. The molecule has 0 bridgehead atoms. The van der Waals surface area contributed by atoms with Crippen molar-refractivity contribution in [3.63, 3.8) is 0 Å². The molecule has 1 heterocycles. The summed E-state index contributed by atoms with van der Waals surface area (Å²) in [6, 6.07) is 10.1. The molecular formula is C20H19N3O5S. The number of aryl methyl sites for hydroxylation is 2. The fraction of sp³-hybridized carbons (Fsp3) is 0.250. The molecule has 29 heavy (non-hydrogen) atoms. The van der Waals surface area contributed by atoms with Crippen molar-refractivity contribution in [3.8, 4) is 0 Å². The van der Waals surface area contributed by atoms with E-state index in [2.05, 4.69) is 4.99 Å². The number of rotatable bonds is 5. The van der Waals surface area contributed by atoms with E-state index in [1.807, 2.05) is 32.0 Å². The summed E-state index contributed by atoms with van der Waals surface area (Å²) in [5.74, 6) is -0.910. The highest BCUT2D eigenvalue weighted by molar-refractivity contribution is 7.16. The number of fused-ring (bicyclic) bond motifs is 1. The van der Waals surface area contributed by atoms with Crippen LogP contribution in [-0.2, 0) is 27.3 Å². The van der Waals surface area contributed by atoms with Crippen LogP contribution < -0.4 is 4.80 Å². The lowest BCUT2D eigenvalue weighted by Crippen LogP contribution is -2.22. The first-order valence-electron chi connectivity index (χ1n) is 8.77. The summed E-state index contributed by atoms with van der Waals surface area (Å²) in [6.45, 7) is 3.77. The molecular weight excluding hydrogens is 394 g/mol. The minimum absolute atomic E-state index is 0.109. The predicted molar refractivity (Wildman–Crippen MR) is 109 cm³/mol. The van der Waals surface area contributed by atoms with Gasteiger partial charge in [-0.3, -0.25) is 19.7 Å². The van der Waals surface area contributed by atoms with Gasteiger partial charge in [-0.25, -0.2) is 0 Å². The Morgan fingerprint density at radius 2 is 1.93 bits per heavy atom. The molecule has 9 heteroatoms. The van der Waals surface area contributed by atoms with E-state index in [4.69, 9.17) is 4.74 Å². The Balaban J connectivity index is 2.04. The van der Waals surface area contributed by atoms with Crippen LogP contribution in [0.1, 0.15) is 16.7 Å². The van der Waals surface area contributed by atoms with Crippen LogP contribution in [0.4, 0.5) is 5.69 Å². The van der Waals surface area contributed by atoms with Crippen LogP contribution in [0.15, 0.2) is 41.4 Å². The van der Waals surface area contributed by atoms with Crippen LogP contribution in [0.3, 0.4) is 0 Å². The molecule has 1 amide bonds. The second kappa shape index (κ2) is 8.36. The summed E-state index contributed by atoms with van der Waals surface area (Å²) in [5, 5.41) is 11.1. The van der Waals surface area contributed by atoms with Gasteiger partial charge in [-0.2, -0.15) is 4.99 Å². The number of carbonyl (C=O) groups is 2. The van der Waals surface area contributed by atoms with Crippen molar-refractivity contribution in [2.45, 2.75) is 26.8 Å². The van der Waals surface area contributed by atoms with Gasteiger partial charge in [0.05, 0.1) is 28.7 Å². The summed E-state index contributed by atoms with van der Waals surface area (Å²) in [4.78, 5) is 39.4. The minimum Gasteiger partial charge on any atom is -0.468 e. The third-order valence-electron chi connectivity index (χ3n) is 4.54. The van der Waals surface area contributed by atoms with E-state index in [1.165, 1.54) is 35.1 Å². The monoisotopic (exact) mass is 413 g/mol. The molecule has 3 aromatic rings. The zero-order valence-electron chi connectivity index (χ0n) is 16.2. The molecule has 2 aromatic carbocycles. The summed E-state index contributed by atoms with van der Waals surface area (Å²) in [6.07, 6.45) is 0.119. The number of esters is 1. The highest BCUT2D eigenvalue weighted by Crippen LogP contribution is 2.23. The third kappa shape index (κ3) is 4.57. The maximum absolute atomic E-state index is 12.5. The van der Waals surface area contributed by atoms with E-state index in [0.29, 0.717) is 15.0 Å². The van der Waals surface area contributed by atoms with Crippen molar-refractivity contribution in [3.05, 3.63) is 68.0 Å². The van der Waals surface area contributed by atoms with Gasteiger partial charge in [-0.05, 0) is 36.6 Å². The number of nitrogens with zero attached hydrogens (tertiary/aromatic N) is 3. The first-order chi connectivity index (χ1) is 13.8. The molecule has 0 aliphatic heterocycles. The van der Waals surface area contributed by atoms with Gasteiger partial charge in [-0.15, -0.1) is 0 Å². The number of benzene rings is 2. The lowest BCUT2D eigenvalue weighted by Gasteiger charge is -2.04. The molecule has 150 valence electrons. The highest BCUT2D eigenvalue weighted by Gasteiger charge is 2.15. The number of methoxy groups -OCH3 is 1. The quantitative estimate of drug-likeness (QED) is 0.363. The Kier molecular flexibility index (Phi) is 5.88. The first-order valence-corrected chi connectivity index (χ1v) is 9.58. The normalized spacial score (nSPS) is 11.6. The second-order valence-electron chi connectivity index (χ2n) is 6.56. The van der Waals surface area contributed by atoms with Crippen molar-refractivity contribution < 1.29 is 19.2 Å². The number of hydrogen-bond acceptors (Lipinski definition) is 6. The van der Waals surface area contributed by atoms with Crippen LogP contribution in [0.5, 0.6) is 0 Å². The van der Waals surface area contributed by atoms with Gasteiger partial charge in [0.25, 0.3) is 11.6 Å². The molecule has 0 saturated carbocycles.